The molecule has 0 saturated carbocycles. The molecule has 6 heteroatoms. The van der Waals surface area contributed by atoms with Crippen molar-refractivity contribution in [2.45, 2.75) is 65.9 Å². The van der Waals surface area contributed by atoms with Crippen molar-refractivity contribution in [1.82, 2.24) is 0 Å². The minimum atomic E-state index is -0.896. The van der Waals surface area contributed by atoms with Crippen molar-refractivity contribution in [3.8, 4) is 0 Å². The number of carbonyl (C=O) groups excluding carboxylic acids is 2. The van der Waals surface area contributed by atoms with Gasteiger partial charge in [-0.15, -0.1) is 0 Å². The van der Waals surface area contributed by atoms with Gasteiger partial charge in [-0.05, 0) is 33.1 Å². The van der Waals surface area contributed by atoms with Gasteiger partial charge in [-0.25, -0.2) is 9.59 Å². The Morgan fingerprint density at radius 1 is 1.10 bits per heavy atom. The minimum Gasteiger partial charge on any atom is -0.447 e. The van der Waals surface area contributed by atoms with E-state index in [0.717, 1.165) is 25.7 Å². The van der Waals surface area contributed by atoms with E-state index < -0.39 is 17.8 Å². The molecule has 0 fully saturated rings. The van der Waals surface area contributed by atoms with Crippen LogP contribution in [0.25, 0.3) is 0 Å². The molecule has 0 aromatic rings. The lowest BCUT2D eigenvalue weighted by Gasteiger charge is -2.16. The van der Waals surface area contributed by atoms with Crippen molar-refractivity contribution in [2.75, 3.05) is 6.61 Å². The summed E-state index contributed by atoms with van der Waals surface area (Å²) in [6.07, 6.45) is 2.43. The van der Waals surface area contributed by atoms with Crippen LogP contribution in [0.1, 0.15) is 60.3 Å². The summed E-state index contributed by atoms with van der Waals surface area (Å²) in [7, 11) is 0. The van der Waals surface area contributed by atoms with Crippen LogP contribution in [0.5, 0.6) is 0 Å². The zero-order valence-electron chi connectivity index (χ0n) is 13.1. The lowest BCUT2D eigenvalue weighted by molar-refractivity contribution is 0.0584. The average Bonchev–Trinajstić information content (AvgIpc) is 2.34. The van der Waals surface area contributed by atoms with E-state index in [4.69, 9.17) is 9.47 Å². The molecule has 0 aliphatic heterocycles. The first-order valence-electron chi connectivity index (χ1n) is 7.10. The van der Waals surface area contributed by atoms with Crippen LogP contribution >= 0.6 is 0 Å². The van der Waals surface area contributed by atoms with Crippen molar-refractivity contribution in [3.05, 3.63) is 0 Å². The van der Waals surface area contributed by atoms with Gasteiger partial charge in [-0.3, -0.25) is 0 Å². The number of unbranched alkanes of at least 4 members (excludes halogenated alkanes) is 1. The Morgan fingerprint density at radius 2 is 1.70 bits per heavy atom. The highest BCUT2D eigenvalue weighted by Crippen LogP contribution is 2.13. The van der Waals surface area contributed by atoms with E-state index in [1.54, 1.807) is 20.8 Å². The van der Waals surface area contributed by atoms with E-state index >= 15 is 0 Å². The molecular formula is C14H26N2O4. The molecule has 2 amide bonds. The van der Waals surface area contributed by atoms with E-state index in [1.165, 1.54) is 0 Å². The Hall–Kier alpha value is -1.46. The zero-order chi connectivity index (χ0) is 15.6. The van der Waals surface area contributed by atoms with Crippen molar-refractivity contribution in [1.29, 1.82) is 0 Å². The van der Waals surface area contributed by atoms with Gasteiger partial charge in [0.05, 0.1) is 6.61 Å². The molecule has 0 aromatic carbocycles. The monoisotopic (exact) mass is 286 g/mol. The molecular weight excluding hydrogens is 260 g/mol. The van der Waals surface area contributed by atoms with Gasteiger partial charge < -0.3 is 9.47 Å². The molecule has 116 valence electrons. The number of hydrogen-bond acceptors (Lipinski definition) is 4. The third-order valence-corrected chi connectivity index (χ3v) is 2.59. The number of nitrogens with zero attached hydrogens (tertiary/aromatic N) is 2. The van der Waals surface area contributed by atoms with Crippen LogP contribution in [0.3, 0.4) is 0 Å². The summed E-state index contributed by atoms with van der Waals surface area (Å²) in [5.41, 5.74) is -0.659. The van der Waals surface area contributed by atoms with Gasteiger partial charge >= 0.3 is 12.2 Å². The standard InChI is InChI=1S/C14H26N2O4/c1-6-8-9-11(7-2)10-19-12(17)15-16-13(18)20-14(3,4)5/h11H,6-10H2,1-5H3. The predicted molar refractivity (Wildman–Crippen MR) is 75.7 cm³/mol. The second kappa shape index (κ2) is 9.44. The van der Waals surface area contributed by atoms with Gasteiger partial charge in [0, 0.05) is 0 Å². The molecule has 0 spiro atoms. The lowest BCUT2D eigenvalue weighted by Crippen LogP contribution is -2.21. The maximum Gasteiger partial charge on any atom is 0.453 e. The van der Waals surface area contributed by atoms with Crippen LogP contribution < -0.4 is 0 Å². The smallest absolute Gasteiger partial charge is 0.447 e. The Labute approximate surface area is 120 Å². The number of carbonyl (C=O) groups is 2. The third-order valence-electron chi connectivity index (χ3n) is 2.59. The highest BCUT2D eigenvalue weighted by Gasteiger charge is 2.16. The summed E-state index contributed by atoms with van der Waals surface area (Å²) < 4.78 is 9.85. The van der Waals surface area contributed by atoms with Gasteiger partial charge in [-0.2, -0.15) is 0 Å². The van der Waals surface area contributed by atoms with Crippen molar-refractivity contribution in [3.63, 3.8) is 0 Å². The summed E-state index contributed by atoms with van der Waals surface area (Å²) >= 11 is 0. The third kappa shape index (κ3) is 10.5. The first kappa shape index (κ1) is 18.5. The average molecular weight is 286 g/mol. The van der Waals surface area contributed by atoms with Crippen LogP contribution in [0, 0.1) is 5.92 Å². The molecule has 0 rings (SSSR count). The SMILES string of the molecule is CCCCC(CC)COC(=O)N=NC(=O)OC(C)(C)C. The van der Waals surface area contributed by atoms with Crippen LogP contribution in [-0.2, 0) is 9.47 Å². The van der Waals surface area contributed by atoms with Crippen molar-refractivity contribution >= 4 is 12.2 Å². The molecule has 0 aliphatic carbocycles. The molecule has 1 atom stereocenters. The molecule has 20 heavy (non-hydrogen) atoms. The van der Waals surface area contributed by atoms with Gasteiger partial charge in [0.2, 0.25) is 0 Å². The summed E-state index contributed by atoms with van der Waals surface area (Å²) in [4.78, 5) is 22.5. The largest absolute Gasteiger partial charge is 0.453 e. The fourth-order valence-electron chi connectivity index (χ4n) is 1.48. The van der Waals surface area contributed by atoms with Crippen LogP contribution in [-0.4, -0.2) is 24.4 Å². The Morgan fingerprint density at radius 3 is 2.20 bits per heavy atom. The minimum absolute atomic E-state index is 0.308. The number of ether oxygens (including phenoxy) is 2. The first-order valence-corrected chi connectivity index (χ1v) is 7.10. The molecule has 6 nitrogen and oxygen atoms in total. The van der Waals surface area contributed by atoms with Gasteiger partial charge in [0.25, 0.3) is 0 Å². The summed E-state index contributed by atoms with van der Waals surface area (Å²) in [5.74, 6) is 0.329. The second-order valence-electron chi connectivity index (χ2n) is 5.67. The first-order chi connectivity index (χ1) is 9.28. The van der Waals surface area contributed by atoms with E-state index in [-0.39, 0.29) is 0 Å². The number of amides is 2. The Kier molecular flexibility index (Phi) is 8.76. The molecule has 0 heterocycles. The summed E-state index contributed by atoms with van der Waals surface area (Å²) in [6, 6.07) is 0. The quantitative estimate of drug-likeness (QED) is 0.661. The summed E-state index contributed by atoms with van der Waals surface area (Å²) in [6.45, 7) is 9.60. The number of hydrogen-bond donors (Lipinski definition) is 0. The highest BCUT2D eigenvalue weighted by molar-refractivity contribution is 5.73. The maximum absolute atomic E-state index is 11.3. The van der Waals surface area contributed by atoms with Gasteiger partial charge in [0.15, 0.2) is 0 Å². The van der Waals surface area contributed by atoms with E-state index in [9.17, 15) is 9.59 Å². The van der Waals surface area contributed by atoms with Crippen molar-refractivity contribution in [2.24, 2.45) is 16.1 Å². The predicted octanol–water partition coefficient (Wildman–Crippen LogP) is 4.73. The molecule has 1 unspecified atom stereocenters. The fraction of sp³-hybridized carbons (Fsp3) is 0.857. The second-order valence-corrected chi connectivity index (χ2v) is 5.67. The normalized spacial score (nSPS) is 13.2. The molecule has 0 aliphatic rings. The van der Waals surface area contributed by atoms with Gasteiger partial charge in [-0.1, -0.05) is 43.3 Å². The maximum atomic E-state index is 11.3. The molecule has 0 bridgehead atoms. The molecule has 0 radical (unpaired) electrons. The fourth-order valence-corrected chi connectivity index (χ4v) is 1.48. The van der Waals surface area contributed by atoms with E-state index in [1.807, 2.05) is 0 Å². The van der Waals surface area contributed by atoms with Crippen LogP contribution in [0.15, 0.2) is 10.2 Å². The number of azo groups is 1. The Balaban J connectivity index is 4.06. The van der Waals surface area contributed by atoms with E-state index in [2.05, 4.69) is 24.1 Å². The molecule has 0 aromatic heterocycles. The zero-order valence-corrected chi connectivity index (χ0v) is 13.1. The van der Waals surface area contributed by atoms with E-state index in [0.29, 0.717) is 12.5 Å². The lowest BCUT2D eigenvalue weighted by atomic mass is 10.0. The Bertz CT molecular complexity index is 335. The molecule has 0 saturated heterocycles. The van der Waals surface area contributed by atoms with Crippen molar-refractivity contribution < 1.29 is 19.1 Å². The van der Waals surface area contributed by atoms with Gasteiger partial charge in [0.1, 0.15) is 5.60 Å². The number of rotatable bonds is 6. The van der Waals surface area contributed by atoms with Crippen LogP contribution in [0.2, 0.25) is 0 Å². The topological polar surface area (TPSA) is 77.3 Å². The highest BCUT2D eigenvalue weighted by atomic mass is 16.6. The molecule has 0 N–H and O–H groups in total. The summed E-state index contributed by atoms with van der Waals surface area (Å²) in [5, 5.41) is 6.35. The van der Waals surface area contributed by atoms with Crippen LogP contribution in [0.4, 0.5) is 9.59 Å².